The summed E-state index contributed by atoms with van der Waals surface area (Å²) in [5.41, 5.74) is 0.867. The van der Waals surface area contributed by atoms with Crippen molar-refractivity contribution in [1.82, 2.24) is 4.98 Å². The third-order valence-electron chi connectivity index (χ3n) is 3.99. The van der Waals surface area contributed by atoms with Crippen LogP contribution in [-0.2, 0) is 0 Å². The first-order valence-electron chi connectivity index (χ1n) is 6.45. The number of rotatable bonds is 3. The van der Waals surface area contributed by atoms with Gasteiger partial charge in [0.25, 0.3) is 0 Å². The predicted octanol–water partition coefficient (Wildman–Crippen LogP) is 3.23. The fourth-order valence-corrected chi connectivity index (χ4v) is 2.58. The molecule has 98 valence electrons. The van der Waals surface area contributed by atoms with E-state index in [-0.39, 0.29) is 5.82 Å². The number of nitrogens with zero attached hydrogens (tertiary/aromatic N) is 2. The van der Waals surface area contributed by atoms with Gasteiger partial charge in [0.2, 0.25) is 0 Å². The molecule has 0 aliphatic heterocycles. The fraction of sp³-hybridized carbons (Fsp3) is 0.615. The molecule has 2 rings (SSSR count). The first-order chi connectivity index (χ1) is 8.58. The molecule has 1 N–H and O–H groups in total. The van der Waals surface area contributed by atoms with E-state index in [4.69, 9.17) is 0 Å². The molecule has 0 unspecified atom stereocenters. The van der Waals surface area contributed by atoms with E-state index in [2.05, 4.69) is 24.1 Å². The molecule has 0 spiro atoms. The van der Waals surface area contributed by atoms with Crippen LogP contribution in [0, 0.1) is 22.0 Å². The normalized spacial score (nSPS) is 27.8. The number of hydrogen-bond donors (Lipinski definition) is 1. The smallest absolute Gasteiger partial charge is 0.363 e. The number of hydrogen-bond acceptors (Lipinski definition) is 4. The number of aromatic nitrogens is 1. The van der Waals surface area contributed by atoms with Crippen LogP contribution < -0.4 is 5.32 Å². The van der Waals surface area contributed by atoms with Crippen molar-refractivity contribution in [3.8, 4) is 0 Å². The van der Waals surface area contributed by atoms with Gasteiger partial charge in [-0.1, -0.05) is 26.7 Å². The van der Waals surface area contributed by atoms with Crippen molar-refractivity contribution in [1.29, 1.82) is 0 Å². The van der Waals surface area contributed by atoms with Crippen LogP contribution >= 0.6 is 0 Å². The lowest BCUT2D eigenvalue weighted by Gasteiger charge is -2.34. The Labute approximate surface area is 107 Å². The summed E-state index contributed by atoms with van der Waals surface area (Å²) >= 11 is 0. The second-order valence-electron chi connectivity index (χ2n) is 5.18. The van der Waals surface area contributed by atoms with Crippen LogP contribution in [0.15, 0.2) is 18.3 Å². The first-order valence-corrected chi connectivity index (χ1v) is 6.45. The van der Waals surface area contributed by atoms with Crippen LogP contribution in [0.4, 0.5) is 11.5 Å². The van der Waals surface area contributed by atoms with Gasteiger partial charge >= 0.3 is 5.82 Å². The molecule has 3 atom stereocenters. The van der Waals surface area contributed by atoms with Gasteiger partial charge < -0.3 is 15.4 Å². The maximum atomic E-state index is 10.5. The van der Waals surface area contributed by atoms with Gasteiger partial charge in [-0.25, -0.2) is 0 Å². The topological polar surface area (TPSA) is 68.1 Å². The summed E-state index contributed by atoms with van der Waals surface area (Å²) in [6.45, 7) is 4.55. The molecule has 5 nitrogen and oxygen atoms in total. The van der Waals surface area contributed by atoms with Crippen LogP contribution in [0.5, 0.6) is 0 Å². The quantitative estimate of drug-likeness (QED) is 0.659. The molecule has 0 aromatic carbocycles. The predicted molar refractivity (Wildman–Crippen MR) is 70.5 cm³/mol. The van der Waals surface area contributed by atoms with Gasteiger partial charge in [-0.15, -0.1) is 0 Å². The Morgan fingerprint density at radius 1 is 1.39 bits per heavy atom. The highest BCUT2D eigenvalue weighted by Gasteiger charge is 2.27. The van der Waals surface area contributed by atoms with Crippen molar-refractivity contribution < 1.29 is 4.92 Å². The zero-order chi connectivity index (χ0) is 13.1. The van der Waals surface area contributed by atoms with Crippen molar-refractivity contribution in [3.05, 3.63) is 28.4 Å². The van der Waals surface area contributed by atoms with Gasteiger partial charge in [-0.3, -0.25) is 0 Å². The third-order valence-corrected chi connectivity index (χ3v) is 3.99. The maximum Gasteiger partial charge on any atom is 0.363 e. The minimum absolute atomic E-state index is 0.106. The second kappa shape index (κ2) is 5.33. The minimum Gasteiger partial charge on any atom is -0.379 e. The monoisotopic (exact) mass is 249 g/mol. The summed E-state index contributed by atoms with van der Waals surface area (Å²) in [5, 5.41) is 14.0. The van der Waals surface area contributed by atoms with E-state index in [0.717, 1.165) is 18.0 Å². The lowest BCUT2D eigenvalue weighted by molar-refractivity contribution is -0.389. The summed E-state index contributed by atoms with van der Waals surface area (Å²) < 4.78 is 0. The van der Waals surface area contributed by atoms with E-state index < -0.39 is 4.92 Å². The van der Waals surface area contributed by atoms with Crippen LogP contribution in [0.25, 0.3) is 0 Å². The largest absolute Gasteiger partial charge is 0.379 e. The Kier molecular flexibility index (Phi) is 3.79. The Hall–Kier alpha value is -1.65. The summed E-state index contributed by atoms with van der Waals surface area (Å²) in [5.74, 6) is 1.24. The lowest BCUT2D eigenvalue weighted by Crippen LogP contribution is -2.35. The molecular weight excluding hydrogens is 230 g/mol. The van der Waals surface area contributed by atoms with Crippen molar-refractivity contribution in [2.45, 2.75) is 39.2 Å². The van der Waals surface area contributed by atoms with Crippen molar-refractivity contribution >= 4 is 11.5 Å². The van der Waals surface area contributed by atoms with E-state index in [0.29, 0.717) is 12.0 Å². The molecular formula is C13H19N3O2. The van der Waals surface area contributed by atoms with E-state index in [1.54, 1.807) is 12.3 Å². The van der Waals surface area contributed by atoms with E-state index in [9.17, 15) is 10.1 Å². The lowest BCUT2D eigenvalue weighted by atomic mass is 9.78. The summed E-state index contributed by atoms with van der Waals surface area (Å²) in [4.78, 5) is 13.9. The SMILES string of the molecule is C[C@H]1[C@H](C)CCC[C@H]1Nc1ccc([N+](=O)[O-])nc1. The number of pyridine rings is 1. The average molecular weight is 249 g/mol. The highest BCUT2D eigenvalue weighted by atomic mass is 16.6. The molecule has 1 fully saturated rings. The highest BCUT2D eigenvalue weighted by molar-refractivity contribution is 5.44. The van der Waals surface area contributed by atoms with E-state index in [1.807, 2.05) is 0 Å². The molecule has 0 amide bonds. The van der Waals surface area contributed by atoms with Crippen molar-refractivity contribution in [2.75, 3.05) is 5.32 Å². The van der Waals surface area contributed by atoms with Gasteiger partial charge in [0.1, 0.15) is 0 Å². The van der Waals surface area contributed by atoms with Gasteiger partial charge in [-0.2, -0.15) is 0 Å². The molecule has 1 aliphatic rings. The molecule has 1 aromatic heterocycles. The zero-order valence-electron chi connectivity index (χ0n) is 10.8. The Morgan fingerprint density at radius 2 is 2.17 bits per heavy atom. The highest BCUT2D eigenvalue weighted by Crippen LogP contribution is 2.31. The number of nitro groups is 1. The average Bonchev–Trinajstić information content (AvgIpc) is 2.36. The molecule has 1 aromatic rings. The molecule has 0 radical (unpaired) electrons. The zero-order valence-corrected chi connectivity index (χ0v) is 10.8. The summed E-state index contributed by atoms with van der Waals surface area (Å²) in [6.07, 6.45) is 5.23. The van der Waals surface area contributed by atoms with Gasteiger partial charge in [0.15, 0.2) is 6.20 Å². The standard InChI is InChI=1S/C13H19N3O2/c1-9-4-3-5-12(10(9)2)15-11-6-7-13(14-8-11)16(17)18/h6-10,12,15H,3-5H2,1-2H3/t9-,10+,12-/m1/s1. The summed E-state index contributed by atoms with van der Waals surface area (Å²) in [7, 11) is 0. The Bertz CT molecular complexity index is 419. The third kappa shape index (κ3) is 2.78. The first kappa shape index (κ1) is 12.8. The number of nitrogens with one attached hydrogen (secondary N) is 1. The van der Waals surface area contributed by atoms with Crippen molar-refractivity contribution in [2.24, 2.45) is 11.8 Å². The van der Waals surface area contributed by atoms with Crippen LogP contribution in [0.1, 0.15) is 33.1 Å². The van der Waals surface area contributed by atoms with Crippen LogP contribution in [0.3, 0.4) is 0 Å². The van der Waals surface area contributed by atoms with E-state index >= 15 is 0 Å². The number of anilines is 1. The van der Waals surface area contributed by atoms with Crippen LogP contribution in [-0.4, -0.2) is 15.9 Å². The maximum absolute atomic E-state index is 10.5. The van der Waals surface area contributed by atoms with Crippen molar-refractivity contribution in [3.63, 3.8) is 0 Å². The van der Waals surface area contributed by atoms with Gasteiger partial charge in [-0.05, 0) is 34.2 Å². The Balaban J connectivity index is 2.02. The molecule has 0 bridgehead atoms. The molecule has 1 heterocycles. The summed E-state index contributed by atoms with van der Waals surface area (Å²) in [6, 6.07) is 3.62. The van der Waals surface area contributed by atoms with Gasteiger partial charge in [0.05, 0.1) is 5.69 Å². The Morgan fingerprint density at radius 3 is 2.78 bits per heavy atom. The molecule has 1 aliphatic carbocycles. The molecule has 18 heavy (non-hydrogen) atoms. The molecule has 1 saturated carbocycles. The van der Waals surface area contributed by atoms with E-state index in [1.165, 1.54) is 18.9 Å². The fourth-order valence-electron chi connectivity index (χ4n) is 2.58. The minimum atomic E-state index is -0.477. The molecule has 0 saturated heterocycles. The van der Waals surface area contributed by atoms with Crippen LogP contribution in [0.2, 0.25) is 0 Å². The second-order valence-corrected chi connectivity index (χ2v) is 5.18. The van der Waals surface area contributed by atoms with Gasteiger partial charge in [0, 0.05) is 12.1 Å². The molecule has 5 heteroatoms.